The summed E-state index contributed by atoms with van der Waals surface area (Å²) in [4.78, 5) is 11.3. The van der Waals surface area contributed by atoms with Crippen LogP contribution in [0.5, 0.6) is 0 Å². The molecule has 0 fully saturated rings. The van der Waals surface area contributed by atoms with Crippen LogP contribution in [-0.2, 0) is 19.4 Å². The molecule has 0 aliphatic rings. The molecule has 0 aliphatic carbocycles. The van der Waals surface area contributed by atoms with Gasteiger partial charge in [0.1, 0.15) is 11.4 Å². The second-order valence-corrected chi connectivity index (χ2v) is 7.22. The van der Waals surface area contributed by atoms with Crippen molar-refractivity contribution in [3.8, 4) is 0 Å². The van der Waals surface area contributed by atoms with Crippen molar-refractivity contribution < 1.29 is 31.1 Å². The molecule has 0 saturated heterocycles. The second kappa shape index (κ2) is 6.08. The Hall–Kier alpha value is -0.830. The predicted octanol–water partition coefficient (Wildman–Crippen LogP) is 0.880. The molecule has 0 aromatic heterocycles. The lowest BCUT2D eigenvalue weighted by Crippen LogP contribution is -2.38. The first kappa shape index (κ1) is 18.2. The number of sulfone groups is 1. The van der Waals surface area contributed by atoms with Crippen molar-refractivity contribution in [1.82, 2.24) is 0 Å². The van der Waals surface area contributed by atoms with E-state index in [4.69, 9.17) is 10.5 Å². The zero-order valence-electron chi connectivity index (χ0n) is 11.0. The SMILES string of the molecule is CC(C)(C)OC(=O)CS(=O)(=O)CC(CN)C(F)(F)F. The molecule has 0 radical (unpaired) electrons. The first-order valence-electron chi connectivity index (χ1n) is 5.46. The highest BCUT2D eigenvalue weighted by atomic mass is 32.2. The van der Waals surface area contributed by atoms with E-state index in [1.54, 1.807) is 0 Å². The Morgan fingerprint density at radius 2 is 1.74 bits per heavy atom. The van der Waals surface area contributed by atoms with Crippen molar-refractivity contribution in [2.24, 2.45) is 11.7 Å². The van der Waals surface area contributed by atoms with E-state index in [2.05, 4.69) is 0 Å². The predicted molar refractivity (Wildman–Crippen MR) is 63.1 cm³/mol. The normalized spacial score (nSPS) is 15.1. The number of halogens is 3. The molecule has 0 bridgehead atoms. The van der Waals surface area contributed by atoms with Crippen molar-refractivity contribution >= 4 is 15.8 Å². The van der Waals surface area contributed by atoms with Gasteiger partial charge in [0, 0.05) is 6.54 Å². The minimum atomic E-state index is -4.71. The summed E-state index contributed by atoms with van der Waals surface area (Å²) in [6.07, 6.45) is -4.71. The van der Waals surface area contributed by atoms with Crippen LogP contribution in [0.25, 0.3) is 0 Å². The van der Waals surface area contributed by atoms with Gasteiger partial charge in [-0.2, -0.15) is 13.2 Å². The first-order chi connectivity index (χ1) is 8.27. The molecule has 1 unspecified atom stereocenters. The summed E-state index contributed by atoms with van der Waals surface area (Å²) < 4.78 is 64.9. The average molecular weight is 305 g/mol. The quantitative estimate of drug-likeness (QED) is 0.762. The molecule has 0 heterocycles. The summed E-state index contributed by atoms with van der Waals surface area (Å²) >= 11 is 0. The number of alkyl halides is 3. The number of hydrogen-bond donors (Lipinski definition) is 1. The third kappa shape index (κ3) is 8.04. The van der Waals surface area contributed by atoms with Crippen LogP contribution >= 0.6 is 0 Å². The minimum absolute atomic E-state index is 0.850. The van der Waals surface area contributed by atoms with Gasteiger partial charge in [0.15, 0.2) is 9.84 Å². The molecular formula is C10H18F3NO4S. The number of rotatable bonds is 5. The fourth-order valence-electron chi connectivity index (χ4n) is 1.21. The summed E-state index contributed by atoms with van der Waals surface area (Å²) in [5, 5.41) is 0. The smallest absolute Gasteiger partial charge is 0.393 e. The van der Waals surface area contributed by atoms with Crippen LogP contribution in [0.1, 0.15) is 20.8 Å². The van der Waals surface area contributed by atoms with Gasteiger partial charge in [-0.05, 0) is 20.8 Å². The van der Waals surface area contributed by atoms with E-state index in [0.717, 1.165) is 0 Å². The highest BCUT2D eigenvalue weighted by molar-refractivity contribution is 7.92. The van der Waals surface area contributed by atoms with Crippen LogP contribution in [0.3, 0.4) is 0 Å². The maximum absolute atomic E-state index is 12.4. The number of esters is 1. The van der Waals surface area contributed by atoms with Crippen molar-refractivity contribution in [3.63, 3.8) is 0 Å². The number of hydrogen-bond acceptors (Lipinski definition) is 5. The second-order valence-electron chi connectivity index (χ2n) is 5.12. The zero-order valence-corrected chi connectivity index (χ0v) is 11.8. The Morgan fingerprint density at radius 1 is 1.26 bits per heavy atom. The van der Waals surface area contributed by atoms with Crippen molar-refractivity contribution in [3.05, 3.63) is 0 Å². The topological polar surface area (TPSA) is 86.5 Å². The zero-order chi connectivity index (χ0) is 15.5. The van der Waals surface area contributed by atoms with Crippen LogP contribution in [0.2, 0.25) is 0 Å². The summed E-state index contributed by atoms with van der Waals surface area (Å²) in [7, 11) is -4.22. The van der Waals surface area contributed by atoms with Crippen LogP contribution in [0.4, 0.5) is 13.2 Å². The maximum Gasteiger partial charge on any atom is 0.393 e. The standard InChI is InChI=1S/C10H18F3NO4S/c1-9(2,3)18-8(15)6-19(16,17)5-7(4-14)10(11,12)13/h7H,4-6,14H2,1-3H3. The molecule has 9 heteroatoms. The summed E-state index contributed by atoms with van der Waals surface area (Å²) in [6.45, 7) is 3.72. The molecule has 0 saturated carbocycles. The van der Waals surface area contributed by atoms with E-state index >= 15 is 0 Å². The summed E-state index contributed by atoms with van der Waals surface area (Å²) in [5.74, 6) is -5.56. The molecule has 0 aliphatic heterocycles. The lowest BCUT2D eigenvalue weighted by molar-refractivity contribution is -0.165. The molecule has 19 heavy (non-hydrogen) atoms. The Bertz CT molecular complexity index is 411. The number of carbonyl (C=O) groups is 1. The van der Waals surface area contributed by atoms with Gasteiger partial charge in [-0.3, -0.25) is 4.79 Å². The third-order valence-electron chi connectivity index (χ3n) is 1.96. The van der Waals surface area contributed by atoms with E-state index < -0.39 is 51.6 Å². The van der Waals surface area contributed by atoms with Gasteiger partial charge < -0.3 is 10.5 Å². The molecule has 2 N–H and O–H groups in total. The molecule has 0 amide bonds. The molecule has 0 rings (SSSR count). The Kier molecular flexibility index (Phi) is 5.82. The number of carbonyl (C=O) groups excluding carboxylic acids is 1. The van der Waals surface area contributed by atoms with E-state index in [1.807, 2.05) is 0 Å². The van der Waals surface area contributed by atoms with Crippen LogP contribution < -0.4 is 5.73 Å². The maximum atomic E-state index is 12.4. The Morgan fingerprint density at radius 3 is 2.05 bits per heavy atom. The van der Waals surface area contributed by atoms with Crippen LogP contribution in [0, 0.1) is 5.92 Å². The van der Waals surface area contributed by atoms with Crippen LogP contribution in [-0.4, -0.2) is 44.2 Å². The number of ether oxygens (including phenoxy) is 1. The molecule has 0 aromatic rings. The highest BCUT2D eigenvalue weighted by Gasteiger charge is 2.41. The first-order valence-corrected chi connectivity index (χ1v) is 7.28. The minimum Gasteiger partial charge on any atom is -0.459 e. The monoisotopic (exact) mass is 305 g/mol. The average Bonchev–Trinajstić information content (AvgIpc) is 2.07. The Balaban J connectivity index is 4.69. The van der Waals surface area contributed by atoms with Gasteiger partial charge in [-0.25, -0.2) is 8.42 Å². The fraction of sp³-hybridized carbons (Fsp3) is 0.900. The van der Waals surface area contributed by atoms with Gasteiger partial charge >= 0.3 is 12.1 Å². The fourth-order valence-corrected chi connectivity index (χ4v) is 2.69. The van der Waals surface area contributed by atoms with Crippen molar-refractivity contribution in [2.45, 2.75) is 32.5 Å². The molecule has 0 spiro atoms. The van der Waals surface area contributed by atoms with Gasteiger partial charge in [-0.15, -0.1) is 0 Å². The molecule has 5 nitrogen and oxygen atoms in total. The largest absolute Gasteiger partial charge is 0.459 e. The van der Waals surface area contributed by atoms with Gasteiger partial charge in [-0.1, -0.05) is 0 Å². The lowest BCUT2D eigenvalue weighted by Gasteiger charge is -2.21. The summed E-state index contributed by atoms with van der Waals surface area (Å²) in [6, 6.07) is 0. The van der Waals surface area contributed by atoms with Gasteiger partial charge in [0.2, 0.25) is 0 Å². The molecule has 1 atom stereocenters. The van der Waals surface area contributed by atoms with Crippen molar-refractivity contribution in [1.29, 1.82) is 0 Å². The van der Waals surface area contributed by atoms with E-state index in [-0.39, 0.29) is 0 Å². The lowest BCUT2D eigenvalue weighted by atomic mass is 10.2. The Labute approximate surface area is 110 Å². The van der Waals surface area contributed by atoms with E-state index in [0.29, 0.717) is 0 Å². The highest BCUT2D eigenvalue weighted by Crippen LogP contribution is 2.26. The molecule has 0 aromatic carbocycles. The third-order valence-corrected chi connectivity index (χ3v) is 3.55. The van der Waals surface area contributed by atoms with E-state index in [1.165, 1.54) is 20.8 Å². The van der Waals surface area contributed by atoms with Gasteiger partial charge in [0.25, 0.3) is 0 Å². The number of nitrogens with two attached hydrogens (primary N) is 1. The van der Waals surface area contributed by atoms with Crippen molar-refractivity contribution in [2.75, 3.05) is 18.1 Å². The molecular weight excluding hydrogens is 287 g/mol. The molecule has 114 valence electrons. The van der Waals surface area contributed by atoms with Gasteiger partial charge in [0.05, 0.1) is 11.7 Å². The van der Waals surface area contributed by atoms with Crippen LogP contribution in [0.15, 0.2) is 0 Å². The summed E-state index contributed by atoms with van der Waals surface area (Å²) in [5.41, 5.74) is 4.00. The van der Waals surface area contributed by atoms with E-state index in [9.17, 15) is 26.4 Å².